The highest BCUT2D eigenvalue weighted by Crippen LogP contribution is 2.37. The Morgan fingerprint density at radius 3 is 2.25 bits per heavy atom. The molecule has 1 aliphatic rings. The van der Waals surface area contributed by atoms with Crippen LogP contribution in [0.25, 0.3) is 22.2 Å². The van der Waals surface area contributed by atoms with Crippen LogP contribution in [-0.4, -0.2) is 69.7 Å². The van der Waals surface area contributed by atoms with E-state index in [-0.39, 0.29) is 12.1 Å². The van der Waals surface area contributed by atoms with Gasteiger partial charge in [0.25, 0.3) is 0 Å². The standard InChI is InChI=1S/C30H36N6O4/c1-30(2,3)40-29(37)35-11-9-22(10-12-35)36(23-14-24(38-5)16-25(15-23)39-6)28-8-7-26-27(33-28)13-20(17-31-26)21-18-32-34(4)19-21/h7-8,13-19,22H,9-12H2,1-6H3. The van der Waals surface area contributed by atoms with Gasteiger partial charge in [-0.1, -0.05) is 0 Å². The van der Waals surface area contributed by atoms with E-state index < -0.39 is 5.60 Å². The van der Waals surface area contributed by atoms with E-state index >= 15 is 0 Å². The van der Waals surface area contributed by atoms with Gasteiger partial charge in [0.15, 0.2) is 0 Å². The Bertz CT molecular complexity index is 1480. The highest BCUT2D eigenvalue weighted by molar-refractivity contribution is 5.82. The summed E-state index contributed by atoms with van der Waals surface area (Å²) in [6.07, 6.45) is 6.83. The molecule has 0 spiro atoms. The van der Waals surface area contributed by atoms with Crippen molar-refractivity contribution < 1.29 is 19.0 Å². The highest BCUT2D eigenvalue weighted by atomic mass is 16.6. The third kappa shape index (κ3) is 5.95. The molecule has 0 bridgehead atoms. The molecular weight excluding hydrogens is 508 g/mol. The average Bonchev–Trinajstić information content (AvgIpc) is 3.38. The molecule has 0 saturated carbocycles. The Balaban J connectivity index is 1.51. The predicted octanol–water partition coefficient (Wildman–Crippen LogP) is 5.59. The zero-order valence-electron chi connectivity index (χ0n) is 23.9. The molecule has 40 heavy (non-hydrogen) atoms. The minimum absolute atomic E-state index is 0.0786. The van der Waals surface area contributed by atoms with Gasteiger partial charge in [0.1, 0.15) is 22.9 Å². The summed E-state index contributed by atoms with van der Waals surface area (Å²) < 4.78 is 18.6. The van der Waals surface area contributed by atoms with Crippen molar-refractivity contribution in [1.29, 1.82) is 0 Å². The molecule has 1 aliphatic heterocycles. The normalized spacial score (nSPS) is 14.3. The predicted molar refractivity (Wildman–Crippen MR) is 154 cm³/mol. The van der Waals surface area contributed by atoms with E-state index in [1.807, 2.05) is 82.8 Å². The number of amides is 1. The molecule has 1 amide bonds. The summed E-state index contributed by atoms with van der Waals surface area (Å²) in [6, 6.07) is 11.9. The van der Waals surface area contributed by atoms with Crippen molar-refractivity contribution >= 4 is 28.6 Å². The summed E-state index contributed by atoms with van der Waals surface area (Å²) >= 11 is 0. The molecule has 0 unspecified atom stereocenters. The molecule has 5 rings (SSSR count). The largest absolute Gasteiger partial charge is 0.497 e. The summed E-state index contributed by atoms with van der Waals surface area (Å²) in [7, 11) is 5.17. The Kier molecular flexibility index (Phi) is 7.51. The average molecular weight is 545 g/mol. The van der Waals surface area contributed by atoms with E-state index in [2.05, 4.69) is 15.0 Å². The van der Waals surface area contributed by atoms with E-state index in [1.165, 1.54) is 0 Å². The number of aryl methyl sites for hydroxylation is 1. The number of rotatable bonds is 6. The molecule has 0 aliphatic carbocycles. The van der Waals surface area contributed by atoms with Crippen LogP contribution in [-0.2, 0) is 11.8 Å². The Labute approximate surface area is 234 Å². The fourth-order valence-corrected chi connectivity index (χ4v) is 4.95. The maximum Gasteiger partial charge on any atom is 0.410 e. The minimum atomic E-state index is -0.533. The Morgan fingerprint density at radius 1 is 0.950 bits per heavy atom. The van der Waals surface area contributed by atoms with Gasteiger partial charge < -0.3 is 24.0 Å². The molecule has 10 heteroatoms. The van der Waals surface area contributed by atoms with Crippen molar-refractivity contribution in [3.63, 3.8) is 0 Å². The van der Waals surface area contributed by atoms with Crippen LogP contribution in [0, 0.1) is 0 Å². The number of methoxy groups -OCH3 is 2. The Morgan fingerprint density at radius 2 is 1.65 bits per heavy atom. The van der Waals surface area contributed by atoms with Crippen LogP contribution in [0.5, 0.6) is 11.5 Å². The number of likely N-dealkylation sites (tertiary alicyclic amines) is 1. The number of carbonyl (C=O) groups is 1. The summed E-state index contributed by atoms with van der Waals surface area (Å²) in [5, 5.41) is 4.29. The number of anilines is 2. The maximum atomic E-state index is 12.7. The molecular formula is C30H36N6O4. The van der Waals surface area contributed by atoms with Crippen LogP contribution < -0.4 is 14.4 Å². The molecule has 1 saturated heterocycles. The lowest BCUT2D eigenvalue weighted by Crippen LogP contribution is -2.47. The Hall–Kier alpha value is -4.34. The van der Waals surface area contributed by atoms with Crippen LogP contribution in [0.3, 0.4) is 0 Å². The van der Waals surface area contributed by atoms with Crippen LogP contribution >= 0.6 is 0 Å². The molecule has 4 heterocycles. The topological polar surface area (TPSA) is 94.8 Å². The van der Waals surface area contributed by atoms with Crippen LogP contribution in [0.1, 0.15) is 33.6 Å². The van der Waals surface area contributed by atoms with E-state index in [9.17, 15) is 4.79 Å². The first-order chi connectivity index (χ1) is 19.1. The summed E-state index contributed by atoms with van der Waals surface area (Å²) in [5.41, 5.74) is 3.88. The van der Waals surface area contributed by atoms with E-state index in [0.29, 0.717) is 24.6 Å². The molecule has 4 aromatic rings. The zero-order chi connectivity index (χ0) is 28.4. The van der Waals surface area contributed by atoms with Gasteiger partial charge >= 0.3 is 6.09 Å². The summed E-state index contributed by atoms with van der Waals surface area (Å²) in [5.74, 6) is 2.15. The number of hydrogen-bond donors (Lipinski definition) is 0. The zero-order valence-corrected chi connectivity index (χ0v) is 23.9. The molecule has 1 aromatic carbocycles. The van der Waals surface area contributed by atoms with E-state index in [4.69, 9.17) is 19.2 Å². The monoisotopic (exact) mass is 544 g/mol. The number of aromatic nitrogens is 4. The lowest BCUT2D eigenvalue weighted by atomic mass is 10.0. The fourth-order valence-electron chi connectivity index (χ4n) is 4.95. The number of hydrogen-bond acceptors (Lipinski definition) is 8. The lowest BCUT2D eigenvalue weighted by molar-refractivity contribution is 0.0206. The first kappa shape index (κ1) is 27.2. The molecule has 10 nitrogen and oxygen atoms in total. The number of fused-ring (bicyclic) bond motifs is 1. The summed E-state index contributed by atoms with van der Waals surface area (Å²) in [4.78, 5) is 26.5. The van der Waals surface area contributed by atoms with Gasteiger partial charge in [0.2, 0.25) is 0 Å². The number of benzene rings is 1. The molecule has 1 fully saturated rings. The van der Waals surface area contributed by atoms with Gasteiger partial charge in [0.05, 0.1) is 37.1 Å². The van der Waals surface area contributed by atoms with Gasteiger partial charge in [0, 0.05) is 67.9 Å². The van der Waals surface area contributed by atoms with Gasteiger partial charge in [-0.15, -0.1) is 0 Å². The quantitative estimate of drug-likeness (QED) is 0.310. The third-order valence-electron chi connectivity index (χ3n) is 6.90. The second-order valence-electron chi connectivity index (χ2n) is 11.0. The van der Waals surface area contributed by atoms with E-state index in [0.717, 1.165) is 46.5 Å². The smallest absolute Gasteiger partial charge is 0.410 e. The van der Waals surface area contributed by atoms with E-state index in [1.54, 1.807) is 23.8 Å². The van der Waals surface area contributed by atoms with Crippen molar-refractivity contribution in [3.8, 4) is 22.6 Å². The van der Waals surface area contributed by atoms with Gasteiger partial charge in [-0.2, -0.15) is 5.10 Å². The first-order valence-electron chi connectivity index (χ1n) is 13.4. The maximum absolute atomic E-state index is 12.7. The molecule has 0 radical (unpaired) electrons. The van der Waals surface area contributed by atoms with Gasteiger partial charge in [-0.05, 0) is 51.8 Å². The molecule has 0 N–H and O–H groups in total. The van der Waals surface area contributed by atoms with Gasteiger partial charge in [-0.25, -0.2) is 9.78 Å². The second-order valence-corrected chi connectivity index (χ2v) is 11.0. The first-order valence-corrected chi connectivity index (χ1v) is 13.4. The fraction of sp³-hybridized carbons (Fsp3) is 0.400. The van der Waals surface area contributed by atoms with Crippen LogP contribution in [0.15, 0.2) is 55.0 Å². The van der Waals surface area contributed by atoms with Crippen LogP contribution in [0.2, 0.25) is 0 Å². The second kappa shape index (κ2) is 11.0. The van der Waals surface area contributed by atoms with Crippen molar-refractivity contribution in [3.05, 3.63) is 55.0 Å². The molecule has 0 atom stereocenters. The van der Waals surface area contributed by atoms with Crippen molar-refractivity contribution in [1.82, 2.24) is 24.6 Å². The number of ether oxygens (including phenoxy) is 3. The van der Waals surface area contributed by atoms with Crippen LogP contribution in [0.4, 0.5) is 16.3 Å². The highest BCUT2D eigenvalue weighted by Gasteiger charge is 2.31. The lowest BCUT2D eigenvalue weighted by Gasteiger charge is -2.39. The summed E-state index contributed by atoms with van der Waals surface area (Å²) in [6.45, 7) is 6.82. The number of carbonyl (C=O) groups excluding carboxylic acids is 1. The molecule has 210 valence electrons. The van der Waals surface area contributed by atoms with Crippen molar-refractivity contribution in [2.24, 2.45) is 7.05 Å². The van der Waals surface area contributed by atoms with Crippen molar-refractivity contribution in [2.45, 2.75) is 45.3 Å². The number of pyridine rings is 2. The number of nitrogens with zero attached hydrogens (tertiary/aromatic N) is 6. The molecule has 3 aromatic heterocycles. The van der Waals surface area contributed by atoms with Gasteiger partial charge in [-0.3, -0.25) is 9.67 Å². The SMILES string of the molecule is COc1cc(OC)cc(N(c2ccc3ncc(-c4cnn(C)c4)cc3n2)C2CCN(C(=O)OC(C)(C)C)CC2)c1. The van der Waals surface area contributed by atoms with Crippen molar-refractivity contribution in [2.75, 3.05) is 32.2 Å². The number of piperidine rings is 1. The minimum Gasteiger partial charge on any atom is -0.497 e. The third-order valence-corrected chi connectivity index (χ3v) is 6.90.